The summed E-state index contributed by atoms with van der Waals surface area (Å²) in [7, 11) is 2.14. The van der Waals surface area contributed by atoms with Crippen molar-refractivity contribution in [2.75, 3.05) is 26.7 Å². The lowest BCUT2D eigenvalue weighted by Gasteiger charge is -2.19. The normalized spacial score (nSPS) is 13.3. The van der Waals surface area contributed by atoms with Crippen LogP contribution < -0.4 is 5.73 Å². The summed E-state index contributed by atoms with van der Waals surface area (Å²) in [5.74, 6) is 0.688. The average molecular weight is 184 g/mol. The summed E-state index contributed by atoms with van der Waals surface area (Å²) in [6.07, 6.45) is 2.40. The van der Waals surface area contributed by atoms with Gasteiger partial charge in [0.2, 0.25) is 0 Å². The molecule has 1 atom stereocenters. The predicted molar refractivity (Wildman–Crippen MR) is 59.8 cm³/mol. The monoisotopic (exact) mass is 184 g/mol. The van der Waals surface area contributed by atoms with E-state index in [1.54, 1.807) is 0 Å². The summed E-state index contributed by atoms with van der Waals surface area (Å²) in [6, 6.07) is 0. The van der Waals surface area contributed by atoms with Crippen molar-refractivity contribution in [3.8, 4) is 0 Å². The van der Waals surface area contributed by atoms with Crippen LogP contribution in [0.3, 0.4) is 0 Å². The molecule has 78 valence electrons. The third-order valence-corrected chi connectivity index (χ3v) is 2.37. The second-order valence-electron chi connectivity index (χ2n) is 3.99. The topological polar surface area (TPSA) is 29.3 Å². The first kappa shape index (κ1) is 12.7. The Hall–Kier alpha value is -0.340. The van der Waals surface area contributed by atoms with Crippen LogP contribution in [-0.4, -0.2) is 31.6 Å². The van der Waals surface area contributed by atoms with E-state index in [-0.39, 0.29) is 0 Å². The molecule has 0 rings (SSSR count). The molecule has 0 aromatic heterocycles. The third-order valence-electron chi connectivity index (χ3n) is 2.37. The highest BCUT2D eigenvalue weighted by Gasteiger charge is 2.05. The van der Waals surface area contributed by atoms with E-state index in [4.69, 9.17) is 5.73 Å². The molecule has 2 nitrogen and oxygen atoms in total. The van der Waals surface area contributed by atoms with Crippen molar-refractivity contribution in [1.82, 2.24) is 4.90 Å². The molecule has 13 heavy (non-hydrogen) atoms. The standard InChI is InChI=1S/C11H24N2/c1-5-11(8-12)6-7-13(4)9-10(2)3/h11H,2,5-9,12H2,1,3-4H3. The predicted octanol–water partition coefficient (Wildman–Crippen LogP) is 1.87. The van der Waals surface area contributed by atoms with Gasteiger partial charge in [-0.05, 0) is 39.4 Å². The van der Waals surface area contributed by atoms with Crippen LogP contribution in [0.15, 0.2) is 12.2 Å². The molecule has 0 amide bonds. The molecule has 1 unspecified atom stereocenters. The number of nitrogens with zero attached hydrogens (tertiary/aromatic N) is 1. The van der Waals surface area contributed by atoms with Crippen molar-refractivity contribution < 1.29 is 0 Å². The van der Waals surface area contributed by atoms with Gasteiger partial charge in [0, 0.05) is 6.54 Å². The Morgan fingerprint density at radius 1 is 1.54 bits per heavy atom. The van der Waals surface area contributed by atoms with Crippen molar-refractivity contribution in [2.24, 2.45) is 11.7 Å². The van der Waals surface area contributed by atoms with Gasteiger partial charge in [-0.2, -0.15) is 0 Å². The largest absolute Gasteiger partial charge is 0.330 e. The van der Waals surface area contributed by atoms with Crippen molar-refractivity contribution >= 4 is 0 Å². The van der Waals surface area contributed by atoms with Gasteiger partial charge in [0.05, 0.1) is 0 Å². The first-order valence-electron chi connectivity index (χ1n) is 5.13. The molecule has 0 spiro atoms. The average Bonchev–Trinajstić information content (AvgIpc) is 2.05. The molecule has 2 N–H and O–H groups in total. The minimum Gasteiger partial charge on any atom is -0.330 e. The fraction of sp³-hybridized carbons (Fsp3) is 0.818. The van der Waals surface area contributed by atoms with Crippen molar-refractivity contribution in [1.29, 1.82) is 0 Å². The Labute approximate surface area is 82.8 Å². The molecule has 2 heteroatoms. The molecule has 0 saturated heterocycles. The molecule has 0 aliphatic heterocycles. The lowest BCUT2D eigenvalue weighted by Crippen LogP contribution is -2.25. The molecule has 0 aromatic carbocycles. The minimum atomic E-state index is 0.688. The zero-order valence-electron chi connectivity index (χ0n) is 9.34. The Kier molecular flexibility index (Phi) is 6.92. The van der Waals surface area contributed by atoms with Gasteiger partial charge < -0.3 is 10.6 Å². The highest BCUT2D eigenvalue weighted by Crippen LogP contribution is 2.06. The van der Waals surface area contributed by atoms with E-state index in [0.29, 0.717) is 5.92 Å². The molecule has 0 bridgehead atoms. The fourth-order valence-electron chi connectivity index (χ4n) is 1.43. The van der Waals surface area contributed by atoms with Gasteiger partial charge in [0.15, 0.2) is 0 Å². The Bertz CT molecular complexity index is 139. The molecule has 0 heterocycles. The summed E-state index contributed by atoms with van der Waals surface area (Å²) in [5, 5.41) is 0. The summed E-state index contributed by atoms with van der Waals surface area (Å²) in [5.41, 5.74) is 6.86. The summed E-state index contributed by atoms with van der Waals surface area (Å²) in [6.45, 7) is 11.1. The van der Waals surface area contributed by atoms with Gasteiger partial charge in [-0.25, -0.2) is 0 Å². The molecule has 0 aliphatic carbocycles. The van der Waals surface area contributed by atoms with Crippen LogP contribution in [-0.2, 0) is 0 Å². The van der Waals surface area contributed by atoms with Crippen molar-refractivity contribution in [3.63, 3.8) is 0 Å². The molecule has 0 fully saturated rings. The van der Waals surface area contributed by atoms with Crippen LogP contribution in [0.5, 0.6) is 0 Å². The molecule has 0 aliphatic rings. The zero-order chi connectivity index (χ0) is 10.3. The minimum absolute atomic E-state index is 0.688. The number of nitrogens with two attached hydrogens (primary N) is 1. The lowest BCUT2D eigenvalue weighted by atomic mass is 10.0. The van der Waals surface area contributed by atoms with Crippen LogP contribution in [0.2, 0.25) is 0 Å². The second-order valence-corrected chi connectivity index (χ2v) is 3.99. The van der Waals surface area contributed by atoms with Crippen LogP contribution in [0.25, 0.3) is 0 Å². The molecule has 0 aromatic rings. The van der Waals surface area contributed by atoms with Gasteiger partial charge in [-0.1, -0.05) is 25.5 Å². The van der Waals surface area contributed by atoms with Crippen LogP contribution in [0, 0.1) is 5.92 Å². The van der Waals surface area contributed by atoms with Gasteiger partial charge in [0.1, 0.15) is 0 Å². The molecular formula is C11H24N2. The van der Waals surface area contributed by atoms with Crippen molar-refractivity contribution in [3.05, 3.63) is 12.2 Å². The van der Waals surface area contributed by atoms with E-state index in [0.717, 1.165) is 19.6 Å². The van der Waals surface area contributed by atoms with Crippen LogP contribution in [0.4, 0.5) is 0 Å². The maximum atomic E-state index is 5.63. The number of hydrogen-bond acceptors (Lipinski definition) is 2. The maximum absolute atomic E-state index is 5.63. The molecule has 0 saturated carbocycles. The Morgan fingerprint density at radius 3 is 2.54 bits per heavy atom. The quantitative estimate of drug-likeness (QED) is 0.612. The van der Waals surface area contributed by atoms with E-state index in [1.807, 2.05) is 0 Å². The summed E-state index contributed by atoms with van der Waals surface area (Å²) < 4.78 is 0. The fourth-order valence-corrected chi connectivity index (χ4v) is 1.43. The highest BCUT2D eigenvalue weighted by atomic mass is 15.1. The number of rotatable bonds is 7. The van der Waals surface area contributed by atoms with Crippen LogP contribution in [0.1, 0.15) is 26.7 Å². The zero-order valence-corrected chi connectivity index (χ0v) is 9.34. The van der Waals surface area contributed by atoms with E-state index in [9.17, 15) is 0 Å². The van der Waals surface area contributed by atoms with E-state index >= 15 is 0 Å². The van der Waals surface area contributed by atoms with E-state index in [2.05, 4.69) is 32.4 Å². The van der Waals surface area contributed by atoms with E-state index in [1.165, 1.54) is 18.4 Å². The summed E-state index contributed by atoms with van der Waals surface area (Å²) >= 11 is 0. The Balaban J connectivity index is 3.55. The third kappa shape index (κ3) is 6.79. The number of hydrogen-bond donors (Lipinski definition) is 1. The van der Waals surface area contributed by atoms with Gasteiger partial charge in [-0.3, -0.25) is 0 Å². The smallest absolute Gasteiger partial charge is 0.0184 e. The van der Waals surface area contributed by atoms with Crippen LogP contribution >= 0.6 is 0 Å². The van der Waals surface area contributed by atoms with Gasteiger partial charge in [-0.15, -0.1) is 0 Å². The maximum Gasteiger partial charge on any atom is 0.0184 e. The van der Waals surface area contributed by atoms with Gasteiger partial charge in [0.25, 0.3) is 0 Å². The lowest BCUT2D eigenvalue weighted by molar-refractivity contribution is 0.318. The molecular weight excluding hydrogens is 160 g/mol. The SMILES string of the molecule is C=C(C)CN(C)CCC(CC)CN. The van der Waals surface area contributed by atoms with E-state index < -0.39 is 0 Å². The Morgan fingerprint density at radius 2 is 2.15 bits per heavy atom. The molecule has 0 radical (unpaired) electrons. The second kappa shape index (κ2) is 7.10. The first-order chi connectivity index (χ1) is 6.10. The van der Waals surface area contributed by atoms with Gasteiger partial charge >= 0.3 is 0 Å². The highest BCUT2D eigenvalue weighted by molar-refractivity contribution is 4.90. The summed E-state index contributed by atoms with van der Waals surface area (Å²) in [4.78, 5) is 2.31. The van der Waals surface area contributed by atoms with Crippen molar-refractivity contribution in [2.45, 2.75) is 26.7 Å². The number of likely N-dealkylation sites (N-methyl/N-ethyl adjacent to an activating group) is 1. The first-order valence-corrected chi connectivity index (χ1v) is 5.13.